The standard InChI is InChI=1S/C16H12N4O2S/c21-20(22)12-5-6-13-14(9-12)23-16(19-13)11-3-1-10(2-4-11)15-17-7-8-18-15/h1-6,9H,7-8H2,(H,17,18). The average molecular weight is 324 g/mol. The summed E-state index contributed by atoms with van der Waals surface area (Å²) in [7, 11) is 0. The summed E-state index contributed by atoms with van der Waals surface area (Å²) >= 11 is 1.46. The van der Waals surface area contributed by atoms with Gasteiger partial charge in [-0.25, -0.2) is 4.98 Å². The number of hydrogen-bond donors (Lipinski definition) is 1. The number of non-ortho nitro benzene ring substituents is 1. The van der Waals surface area contributed by atoms with Crippen molar-refractivity contribution in [1.29, 1.82) is 0 Å². The number of thiazole rings is 1. The molecule has 0 saturated carbocycles. The quantitative estimate of drug-likeness (QED) is 0.592. The number of rotatable bonds is 3. The summed E-state index contributed by atoms with van der Waals surface area (Å²) < 4.78 is 0.820. The van der Waals surface area contributed by atoms with Gasteiger partial charge in [0.1, 0.15) is 10.8 Å². The highest BCUT2D eigenvalue weighted by Crippen LogP contribution is 2.32. The lowest BCUT2D eigenvalue weighted by Crippen LogP contribution is -2.19. The highest BCUT2D eigenvalue weighted by molar-refractivity contribution is 7.21. The van der Waals surface area contributed by atoms with Gasteiger partial charge in [-0.05, 0) is 6.07 Å². The minimum Gasteiger partial charge on any atom is -0.368 e. The van der Waals surface area contributed by atoms with Gasteiger partial charge in [-0.15, -0.1) is 11.3 Å². The summed E-state index contributed by atoms with van der Waals surface area (Å²) in [4.78, 5) is 19.4. The molecule has 1 N–H and O–H groups in total. The maximum Gasteiger partial charge on any atom is 0.270 e. The summed E-state index contributed by atoms with van der Waals surface area (Å²) in [6.07, 6.45) is 0. The van der Waals surface area contributed by atoms with E-state index in [-0.39, 0.29) is 10.6 Å². The van der Waals surface area contributed by atoms with E-state index >= 15 is 0 Å². The van der Waals surface area contributed by atoms with Crippen molar-refractivity contribution in [2.24, 2.45) is 4.99 Å². The van der Waals surface area contributed by atoms with Gasteiger partial charge < -0.3 is 5.32 Å². The van der Waals surface area contributed by atoms with E-state index in [0.717, 1.165) is 45.3 Å². The fourth-order valence-electron chi connectivity index (χ4n) is 2.51. The zero-order valence-corrected chi connectivity index (χ0v) is 12.8. The molecule has 7 heteroatoms. The Bertz CT molecular complexity index is 931. The maximum atomic E-state index is 10.9. The number of aliphatic imine (C=N–C) groups is 1. The van der Waals surface area contributed by atoms with Gasteiger partial charge >= 0.3 is 0 Å². The van der Waals surface area contributed by atoms with Gasteiger partial charge in [0, 0.05) is 29.8 Å². The molecule has 2 aromatic carbocycles. The van der Waals surface area contributed by atoms with Gasteiger partial charge in [0.05, 0.1) is 21.7 Å². The second kappa shape index (κ2) is 5.44. The fraction of sp³-hybridized carbons (Fsp3) is 0.125. The van der Waals surface area contributed by atoms with Crippen LogP contribution in [0.1, 0.15) is 5.56 Å². The molecule has 6 nitrogen and oxygen atoms in total. The molecular weight excluding hydrogens is 312 g/mol. The van der Waals surface area contributed by atoms with Crippen molar-refractivity contribution < 1.29 is 4.92 Å². The molecule has 23 heavy (non-hydrogen) atoms. The third-order valence-electron chi connectivity index (χ3n) is 3.66. The molecule has 0 unspecified atom stereocenters. The molecule has 0 saturated heterocycles. The zero-order chi connectivity index (χ0) is 15.8. The lowest BCUT2D eigenvalue weighted by molar-refractivity contribution is -0.384. The molecular formula is C16H12N4O2S. The molecule has 4 rings (SSSR count). The van der Waals surface area contributed by atoms with Gasteiger partial charge in [0.2, 0.25) is 0 Å². The Hall–Kier alpha value is -2.80. The van der Waals surface area contributed by atoms with Crippen molar-refractivity contribution >= 4 is 33.1 Å². The number of nitrogens with zero attached hydrogens (tertiary/aromatic N) is 3. The molecule has 0 radical (unpaired) electrons. The molecule has 0 bridgehead atoms. The van der Waals surface area contributed by atoms with Gasteiger partial charge in [-0.1, -0.05) is 24.3 Å². The third-order valence-corrected chi connectivity index (χ3v) is 4.73. The van der Waals surface area contributed by atoms with Gasteiger partial charge in [-0.3, -0.25) is 15.1 Å². The van der Waals surface area contributed by atoms with Crippen LogP contribution in [0.3, 0.4) is 0 Å². The van der Waals surface area contributed by atoms with Crippen LogP contribution in [0.5, 0.6) is 0 Å². The topological polar surface area (TPSA) is 80.4 Å². The van der Waals surface area contributed by atoms with E-state index in [1.807, 2.05) is 24.3 Å². The maximum absolute atomic E-state index is 10.9. The number of benzene rings is 2. The third kappa shape index (κ3) is 2.55. The van der Waals surface area contributed by atoms with Crippen molar-refractivity contribution in [3.05, 3.63) is 58.1 Å². The summed E-state index contributed by atoms with van der Waals surface area (Å²) in [6, 6.07) is 12.8. The summed E-state index contributed by atoms with van der Waals surface area (Å²) in [5.41, 5.74) is 2.93. The van der Waals surface area contributed by atoms with Crippen molar-refractivity contribution in [3.63, 3.8) is 0 Å². The Labute approximate surface area is 135 Å². The molecule has 0 aliphatic carbocycles. The molecule has 0 atom stereocenters. The van der Waals surface area contributed by atoms with E-state index in [9.17, 15) is 10.1 Å². The summed E-state index contributed by atoms with van der Waals surface area (Å²) in [5.74, 6) is 0.927. The summed E-state index contributed by atoms with van der Waals surface area (Å²) in [5, 5.41) is 15.0. The van der Waals surface area contributed by atoms with E-state index in [0.29, 0.717) is 0 Å². The van der Waals surface area contributed by atoms with E-state index in [1.165, 1.54) is 17.4 Å². The van der Waals surface area contributed by atoms with Gasteiger partial charge in [0.15, 0.2) is 0 Å². The Balaban J connectivity index is 1.69. The number of nitro groups is 1. The Morgan fingerprint density at radius 1 is 1.13 bits per heavy atom. The largest absolute Gasteiger partial charge is 0.368 e. The van der Waals surface area contributed by atoms with Crippen molar-refractivity contribution in [2.45, 2.75) is 0 Å². The number of hydrogen-bond acceptors (Lipinski definition) is 6. The first-order valence-corrected chi connectivity index (χ1v) is 7.96. The lowest BCUT2D eigenvalue weighted by atomic mass is 10.1. The molecule has 114 valence electrons. The molecule has 3 aromatic rings. The number of fused-ring (bicyclic) bond motifs is 1. The minimum absolute atomic E-state index is 0.0911. The Morgan fingerprint density at radius 2 is 1.91 bits per heavy atom. The van der Waals surface area contributed by atoms with Crippen LogP contribution in [0.15, 0.2) is 47.5 Å². The second-order valence-corrected chi connectivity index (χ2v) is 6.19. The van der Waals surface area contributed by atoms with E-state index in [1.54, 1.807) is 12.1 Å². The molecule has 1 aliphatic rings. The average Bonchev–Trinajstić information content (AvgIpc) is 3.23. The van der Waals surface area contributed by atoms with Crippen molar-refractivity contribution in [2.75, 3.05) is 13.1 Å². The monoisotopic (exact) mass is 324 g/mol. The predicted octanol–water partition coefficient (Wildman–Crippen LogP) is 3.22. The zero-order valence-electron chi connectivity index (χ0n) is 12.0. The van der Waals surface area contributed by atoms with E-state index in [4.69, 9.17) is 0 Å². The van der Waals surface area contributed by atoms with Crippen LogP contribution < -0.4 is 5.32 Å². The van der Waals surface area contributed by atoms with Crippen LogP contribution in [-0.2, 0) is 0 Å². The summed E-state index contributed by atoms with van der Waals surface area (Å²) in [6.45, 7) is 1.70. The number of amidine groups is 1. The molecule has 2 heterocycles. The fourth-order valence-corrected chi connectivity index (χ4v) is 3.52. The molecule has 1 aromatic heterocycles. The van der Waals surface area contributed by atoms with E-state index in [2.05, 4.69) is 15.3 Å². The molecule has 0 amide bonds. The van der Waals surface area contributed by atoms with Crippen molar-refractivity contribution in [1.82, 2.24) is 10.3 Å². The van der Waals surface area contributed by atoms with Crippen LogP contribution >= 0.6 is 11.3 Å². The normalized spacial score (nSPS) is 13.8. The van der Waals surface area contributed by atoms with Crippen LogP contribution in [0, 0.1) is 10.1 Å². The van der Waals surface area contributed by atoms with Crippen LogP contribution in [0.25, 0.3) is 20.8 Å². The lowest BCUT2D eigenvalue weighted by Gasteiger charge is -2.03. The van der Waals surface area contributed by atoms with Crippen molar-refractivity contribution in [3.8, 4) is 10.6 Å². The highest BCUT2D eigenvalue weighted by Gasteiger charge is 2.12. The molecule has 1 aliphatic heterocycles. The van der Waals surface area contributed by atoms with Crippen LogP contribution in [0.4, 0.5) is 5.69 Å². The minimum atomic E-state index is -0.386. The first-order chi connectivity index (χ1) is 11.2. The van der Waals surface area contributed by atoms with E-state index < -0.39 is 0 Å². The Morgan fingerprint density at radius 3 is 2.61 bits per heavy atom. The number of nitrogens with one attached hydrogen (secondary N) is 1. The first-order valence-electron chi connectivity index (χ1n) is 7.15. The van der Waals surface area contributed by atoms with Crippen LogP contribution in [-0.4, -0.2) is 28.8 Å². The number of nitro benzene ring substituents is 1. The molecule has 0 fully saturated rings. The Kier molecular flexibility index (Phi) is 3.27. The second-order valence-electron chi connectivity index (χ2n) is 5.16. The van der Waals surface area contributed by atoms with Gasteiger partial charge in [-0.2, -0.15) is 0 Å². The first kappa shape index (κ1) is 13.8. The molecule has 0 spiro atoms. The van der Waals surface area contributed by atoms with Crippen LogP contribution in [0.2, 0.25) is 0 Å². The van der Waals surface area contributed by atoms with Gasteiger partial charge in [0.25, 0.3) is 5.69 Å². The highest BCUT2D eigenvalue weighted by atomic mass is 32.1. The predicted molar refractivity (Wildman–Crippen MR) is 91.1 cm³/mol. The smallest absolute Gasteiger partial charge is 0.270 e. The SMILES string of the molecule is O=[N+]([O-])c1ccc2nc(-c3ccc(C4=NCCN4)cc3)sc2c1. The number of aromatic nitrogens is 1.